The summed E-state index contributed by atoms with van der Waals surface area (Å²) >= 11 is 0. The number of nitrogens with zero attached hydrogens (tertiary/aromatic N) is 1. The molecule has 1 N–H and O–H groups in total. The molecule has 0 bridgehead atoms. The molecule has 0 aromatic carbocycles. The van der Waals surface area contributed by atoms with Gasteiger partial charge in [-0.15, -0.1) is 0 Å². The number of hydrogen-bond acceptors (Lipinski definition) is 2. The quantitative estimate of drug-likeness (QED) is 0.783. The van der Waals surface area contributed by atoms with Gasteiger partial charge in [0.15, 0.2) is 0 Å². The van der Waals surface area contributed by atoms with E-state index in [-0.39, 0.29) is 17.7 Å². The lowest BCUT2D eigenvalue weighted by molar-refractivity contribution is -0.116. The van der Waals surface area contributed by atoms with E-state index in [1.807, 2.05) is 12.2 Å². The summed E-state index contributed by atoms with van der Waals surface area (Å²) in [7, 11) is 0. The van der Waals surface area contributed by atoms with Crippen molar-refractivity contribution in [1.29, 1.82) is 0 Å². The van der Waals surface area contributed by atoms with Crippen molar-refractivity contribution in [3.05, 3.63) is 47.7 Å². The number of carbonyl (C=O) groups is 2. The number of fused-ring (bicyclic) bond motifs is 1. The molecule has 1 aliphatic heterocycles. The Balaban J connectivity index is 2.31. The lowest BCUT2D eigenvalue weighted by Gasteiger charge is -2.29. The summed E-state index contributed by atoms with van der Waals surface area (Å²) in [4.78, 5) is 27.1. The van der Waals surface area contributed by atoms with Crippen LogP contribution in [0, 0.1) is 11.8 Å². The van der Waals surface area contributed by atoms with Crippen molar-refractivity contribution in [3.63, 3.8) is 0 Å². The second-order valence-corrected chi connectivity index (χ2v) is 5.10. The van der Waals surface area contributed by atoms with Gasteiger partial charge in [0.05, 0.1) is 5.71 Å². The molecular weight excluding hydrogens is 252 g/mol. The molecule has 4 nitrogen and oxygen atoms in total. The van der Waals surface area contributed by atoms with Crippen molar-refractivity contribution in [2.45, 2.75) is 20.8 Å². The number of carbonyl (C=O) groups excluding carboxylic acids is 2. The van der Waals surface area contributed by atoms with Crippen LogP contribution >= 0.6 is 0 Å². The van der Waals surface area contributed by atoms with Gasteiger partial charge in [-0.1, -0.05) is 26.0 Å². The van der Waals surface area contributed by atoms with Crippen LogP contribution in [-0.2, 0) is 9.59 Å². The molecule has 4 heteroatoms. The van der Waals surface area contributed by atoms with Crippen LogP contribution in [0.4, 0.5) is 0 Å². The van der Waals surface area contributed by atoms with E-state index >= 15 is 0 Å². The summed E-state index contributed by atoms with van der Waals surface area (Å²) in [5, 5.41) is 2.82. The zero-order valence-corrected chi connectivity index (χ0v) is 11.9. The van der Waals surface area contributed by atoms with Crippen LogP contribution in [0.2, 0.25) is 0 Å². The Hall–Kier alpha value is -2.23. The van der Waals surface area contributed by atoms with E-state index in [0.29, 0.717) is 11.6 Å². The van der Waals surface area contributed by atoms with Crippen LogP contribution in [0.15, 0.2) is 52.7 Å². The van der Waals surface area contributed by atoms with Gasteiger partial charge in [0.2, 0.25) is 5.91 Å². The first-order valence-electron chi connectivity index (χ1n) is 6.69. The van der Waals surface area contributed by atoms with Gasteiger partial charge in [-0.05, 0) is 30.6 Å². The minimum absolute atomic E-state index is 0.0727. The van der Waals surface area contributed by atoms with E-state index in [1.165, 1.54) is 6.08 Å². The Kier molecular flexibility index (Phi) is 4.13. The highest BCUT2D eigenvalue weighted by Gasteiger charge is 2.27. The molecule has 0 aromatic rings. The average Bonchev–Trinajstić information content (AvgIpc) is 2.37. The molecule has 1 heterocycles. The number of nitrogens with one attached hydrogen (secondary N) is 1. The standard InChI is InChI=1S/C16H18N2O2/c1-4-5-15(19)17-11-6-7-12-13(10(2)3)9-16(20)18-14(12)8-11/h4-10,12H,1-3H3,(H,18,20)/b5-4-,17-11?. The smallest absolute Gasteiger partial charge is 0.269 e. The molecule has 0 radical (unpaired) electrons. The highest BCUT2D eigenvalue weighted by Crippen LogP contribution is 2.31. The number of hydrogen-bond donors (Lipinski definition) is 1. The Morgan fingerprint density at radius 1 is 1.40 bits per heavy atom. The fraction of sp³-hybridized carbons (Fsp3) is 0.312. The van der Waals surface area contributed by atoms with E-state index in [9.17, 15) is 9.59 Å². The third-order valence-corrected chi connectivity index (χ3v) is 3.24. The van der Waals surface area contributed by atoms with Gasteiger partial charge in [-0.25, -0.2) is 4.99 Å². The molecule has 2 amide bonds. The molecule has 0 saturated heterocycles. The van der Waals surface area contributed by atoms with Gasteiger partial charge >= 0.3 is 0 Å². The largest absolute Gasteiger partial charge is 0.325 e. The highest BCUT2D eigenvalue weighted by molar-refractivity contribution is 6.12. The summed E-state index contributed by atoms with van der Waals surface area (Å²) < 4.78 is 0. The van der Waals surface area contributed by atoms with Crippen molar-refractivity contribution in [1.82, 2.24) is 5.32 Å². The number of allylic oxidation sites excluding steroid dienone is 4. The third kappa shape index (κ3) is 3.02. The monoisotopic (exact) mass is 270 g/mol. The van der Waals surface area contributed by atoms with Gasteiger partial charge < -0.3 is 5.32 Å². The molecule has 0 spiro atoms. The molecule has 1 atom stereocenters. The summed E-state index contributed by atoms with van der Waals surface area (Å²) in [6.45, 7) is 5.90. The Labute approximate surface area is 118 Å². The van der Waals surface area contributed by atoms with Crippen molar-refractivity contribution in [2.24, 2.45) is 16.8 Å². The fourth-order valence-corrected chi connectivity index (χ4v) is 2.32. The molecule has 0 aromatic heterocycles. The molecule has 20 heavy (non-hydrogen) atoms. The Morgan fingerprint density at radius 3 is 2.80 bits per heavy atom. The van der Waals surface area contributed by atoms with E-state index in [1.54, 1.807) is 25.2 Å². The predicted molar refractivity (Wildman–Crippen MR) is 79.0 cm³/mol. The molecule has 2 rings (SSSR count). The average molecular weight is 270 g/mol. The van der Waals surface area contributed by atoms with Crippen LogP contribution in [0.25, 0.3) is 0 Å². The number of amides is 2. The molecular formula is C16H18N2O2. The molecule has 0 saturated carbocycles. The summed E-state index contributed by atoms with van der Waals surface area (Å²) in [5.74, 6) is -0.0550. The summed E-state index contributed by atoms with van der Waals surface area (Å²) in [6.07, 6.45) is 10.3. The zero-order chi connectivity index (χ0) is 14.7. The van der Waals surface area contributed by atoms with Crippen molar-refractivity contribution in [2.75, 3.05) is 0 Å². The number of aliphatic imine (C=N–C) groups is 1. The minimum atomic E-state index is -0.302. The molecule has 0 fully saturated rings. The van der Waals surface area contributed by atoms with E-state index in [4.69, 9.17) is 0 Å². The maximum absolute atomic E-state index is 11.7. The molecule has 104 valence electrons. The van der Waals surface area contributed by atoms with E-state index < -0.39 is 0 Å². The van der Waals surface area contributed by atoms with Gasteiger partial charge in [0, 0.05) is 23.8 Å². The maximum Gasteiger partial charge on any atom is 0.269 e. The van der Waals surface area contributed by atoms with Crippen LogP contribution in [-0.4, -0.2) is 17.5 Å². The SMILES string of the molecule is C/C=C\C(=O)N=C1C=CC2C(=C1)NC(=O)C=C2C(C)C. The van der Waals surface area contributed by atoms with Crippen LogP contribution < -0.4 is 5.32 Å². The van der Waals surface area contributed by atoms with Gasteiger partial charge in [-0.3, -0.25) is 9.59 Å². The van der Waals surface area contributed by atoms with Crippen LogP contribution in [0.3, 0.4) is 0 Å². The summed E-state index contributed by atoms with van der Waals surface area (Å²) in [5.41, 5.74) is 2.43. The lowest BCUT2D eigenvalue weighted by atomic mass is 9.82. The van der Waals surface area contributed by atoms with E-state index in [0.717, 1.165) is 11.3 Å². The summed E-state index contributed by atoms with van der Waals surface area (Å²) in [6, 6.07) is 0. The zero-order valence-electron chi connectivity index (χ0n) is 11.9. The van der Waals surface area contributed by atoms with E-state index in [2.05, 4.69) is 24.2 Å². The molecule has 2 aliphatic rings. The second-order valence-electron chi connectivity index (χ2n) is 5.10. The lowest BCUT2D eigenvalue weighted by Crippen LogP contribution is -2.34. The Morgan fingerprint density at radius 2 is 2.15 bits per heavy atom. The van der Waals surface area contributed by atoms with Gasteiger partial charge in [-0.2, -0.15) is 0 Å². The first-order chi connectivity index (χ1) is 9.51. The van der Waals surface area contributed by atoms with Crippen LogP contribution in [0.1, 0.15) is 20.8 Å². The van der Waals surface area contributed by atoms with Gasteiger partial charge in [0.1, 0.15) is 0 Å². The predicted octanol–water partition coefficient (Wildman–Crippen LogP) is 2.31. The Bertz CT molecular complexity index is 590. The first-order valence-corrected chi connectivity index (χ1v) is 6.69. The second kappa shape index (κ2) is 5.82. The topological polar surface area (TPSA) is 58.5 Å². The molecule has 1 unspecified atom stereocenters. The van der Waals surface area contributed by atoms with Crippen molar-refractivity contribution < 1.29 is 9.59 Å². The normalized spacial score (nSPS) is 23.7. The van der Waals surface area contributed by atoms with Crippen molar-refractivity contribution >= 4 is 17.5 Å². The highest BCUT2D eigenvalue weighted by atomic mass is 16.2. The van der Waals surface area contributed by atoms with Gasteiger partial charge in [0.25, 0.3) is 5.91 Å². The fourth-order valence-electron chi connectivity index (χ4n) is 2.32. The number of rotatable bonds is 2. The van der Waals surface area contributed by atoms with Crippen LogP contribution in [0.5, 0.6) is 0 Å². The molecule has 1 aliphatic carbocycles. The third-order valence-electron chi connectivity index (χ3n) is 3.24. The van der Waals surface area contributed by atoms with Crippen molar-refractivity contribution in [3.8, 4) is 0 Å². The maximum atomic E-state index is 11.7. The minimum Gasteiger partial charge on any atom is -0.325 e. The first kappa shape index (κ1) is 14.2.